The van der Waals surface area contributed by atoms with Crippen LogP contribution in [0.15, 0.2) is 36.5 Å². The summed E-state index contributed by atoms with van der Waals surface area (Å²) in [7, 11) is 0. The molecule has 2 aromatic heterocycles. The minimum Gasteiger partial charge on any atom is -0.481 e. The summed E-state index contributed by atoms with van der Waals surface area (Å²) in [6.45, 7) is 6.48. The first-order chi connectivity index (χ1) is 13.4. The monoisotopic (exact) mass is 379 g/mol. The highest BCUT2D eigenvalue weighted by atomic mass is 16.4. The Labute approximate surface area is 164 Å². The maximum atomic E-state index is 12.5. The predicted octanol–water partition coefficient (Wildman–Crippen LogP) is 3.45. The summed E-state index contributed by atoms with van der Waals surface area (Å²) in [4.78, 5) is 27.9. The van der Waals surface area contributed by atoms with Gasteiger partial charge in [0.15, 0.2) is 0 Å². The van der Waals surface area contributed by atoms with E-state index in [1.165, 1.54) is 11.1 Å². The Morgan fingerprint density at radius 2 is 1.89 bits per heavy atom. The number of aryl methyl sites for hydroxylation is 3. The van der Waals surface area contributed by atoms with Crippen molar-refractivity contribution in [2.75, 3.05) is 6.54 Å². The van der Waals surface area contributed by atoms with E-state index in [9.17, 15) is 9.59 Å². The number of nitrogens with zero attached hydrogens (tertiary/aromatic N) is 2. The number of imidazole rings is 1. The highest BCUT2D eigenvalue weighted by Crippen LogP contribution is 2.27. The second kappa shape index (κ2) is 8.25. The third kappa shape index (κ3) is 4.22. The minimum atomic E-state index is -0.858. The first-order valence-corrected chi connectivity index (χ1v) is 9.39. The Balaban J connectivity index is 1.93. The van der Waals surface area contributed by atoms with Crippen LogP contribution >= 0.6 is 0 Å². The Kier molecular flexibility index (Phi) is 5.78. The van der Waals surface area contributed by atoms with Gasteiger partial charge >= 0.3 is 5.97 Å². The summed E-state index contributed by atoms with van der Waals surface area (Å²) < 4.78 is 1.97. The van der Waals surface area contributed by atoms with Crippen LogP contribution in [-0.4, -0.2) is 32.9 Å². The molecule has 2 N–H and O–H groups in total. The van der Waals surface area contributed by atoms with Crippen LogP contribution in [0.4, 0.5) is 0 Å². The lowest BCUT2D eigenvalue weighted by Gasteiger charge is -2.08. The molecule has 0 aliphatic rings. The van der Waals surface area contributed by atoms with E-state index in [2.05, 4.69) is 31.3 Å². The molecule has 2 heterocycles. The van der Waals surface area contributed by atoms with Crippen molar-refractivity contribution in [3.05, 3.63) is 58.9 Å². The predicted molar refractivity (Wildman–Crippen MR) is 108 cm³/mol. The second-order valence-electron chi connectivity index (χ2n) is 7.11. The maximum Gasteiger partial charge on any atom is 0.303 e. The fourth-order valence-corrected chi connectivity index (χ4v) is 3.22. The second-order valence-corrected chi connectivity index (χ2v) is 7.11. The molecule has 0 atom stereocenters. The van der Waals surface area contributed by atoms with Crippen molar-refractivity contribution in [3.8, 4) is 11.3 Å². The summed E-state index contributed by atoms with van der Waals surface area (Å²) in [5.41, 5.74) is 6.89. The average Bonchev–Trinajstić information content (AvgIpc) is 3.01. The van der Waals surface area contributed by atoms with E-state index in [1.807, 2.05) is 35.7 Å². The van der Waals surface area contributed by atoms with Crippen molar-refractivity contribution >= 4 is 17.5 Å². The first-order valence-electron chi connectivity index (χ1n) is 9.39. The fourth-order valence-electron chi connectivity index (χ4n) is 3.22. The summed E-state index contributed by atoms with van der Waals surface area (Å²) in [6.07, 6.45) is 2.56. The number of rotatable bonds is 7. The number of aromatic nitrogens is 2. The van der Waals surface area contributed by atoms with Crippen molar-refractivity contribution in [1.29, 1.82) is 0 Å². The van der Waals surface area contributed by atoms with Crippen LogP contribution in [0.1, 0.15) is 35.2 Å². The molecule has 0 saturated carbocycles. The van der Waals surface area contributed by atoms with Crippen LogP contribution < -0.4 is 5.32 Å². The number of carboxylic acid groups (broad SMARTS) is 1. The van der Waals surface area contributed by atoms with Crippen LogP contribution in [0.3, 0.4) is 0 Å². The maximum absolute atomic E-state index is 12.5. The molecule has 0 spiro atoms. The van der Waals surface area contributed by atoms with Crippen LogP contribution in [0.2, 0.25) is 0 Å². The SMILES string of the molecule is Cc1ccc(-c2nc3c(C)cccn3c2CC(=O)NCCCC(=O)O)cc1C. The number of carboxylic acids is 1. The van der Waals surface area contributed by atoms with Crippen molar-refractivity contribution in [3.63, 3.8) is 0 Å². The Hall–Kier alpha value is -3.15. The molecule has 28 heavy (non-hydrogen) atoms. The third-order valence-electron chi connectivity index (χ3n) is 4.94. The van der Waals surface area contributed by atoms with E-state index >= 15 is 0 Å². The molecule has 3 aromatic rings. The van der Waals surface area contributed by atoms with Crippen molar-refractivity contribution in [2.24, 2.45) is 0 Å². The minimum absolute atomic E-state index is 0.0446. The van der Waals surface area contributed by atoms with Gasteiger partial charge in [-0.1, -0.05) is 18.2 Å². The van der Waals surface area contributed by atoms with Gasteiger partial charge in [0.1, 0.15) is 5.65 Å². The van der Waals surface area contributed by atoms with Gasteiger partial charge < -0.3 is 14.8 Å². The Bertz CT molecular complexity index is 1040. The van der Waals surface area contributed by atoms with Gasteiger partial charge in [-0.15, -0.1) is 0 Å². The third-order valence-corrected chi connectivity index (χ3v) is 4.94. The van der Waals surface area contributed by atoms with Gasteiger partial charge in [0, 0.05) is 24.7 Å². The van der Waals surface area contributed by atoms with Gasteiger partial charge in [0.2, 0.25) is 5.91 Å². The molecule has 0 saturated heterocycles. The van der Waals surface area contributed by atoms with Gasteiger partial charge in [0.25, 0.3) is 0 Å². The van der Waals surface area contributed by atoms with Gasteiger partial charge in [-0.05, 0) is 56.0 Å². The number of carbonyl (C=O) groups excluding carboxylic acids is 1. The number of hydrogen-bond donors (Lipinski definition) is 2. The lowest BCUT2D eigenvalue weighted by Crippen LogP contribution is -2.27. The molecule has 146 valence electrons. The molecule has 3 rings (SSSR count). The van der Waals surface area contributed by atoms with E-state index in [1.54, 1.807) is 0 Å². The summed E-state index contributed by atoms with van der Waals surface area (Å²) >= 11 is 0. The first kappa shape index (κ1) is 19.6. The highest BCUT2D eigenvalue weighted by molar-refractivity contribution is 5.82. The zero-order chi connectivity index (χ0) is 20.3. The smallest absolute Gasteiger partial charge is 0.303 e. The highest BCUT2D eigenvalue weighted by Gasteiger charge is 2.18. The summed E-state index contributed by atoms with van der Waals surface area (Å²) in [5.74, 6) is -0.998. The molecule has 0 bridgehead atoms. The number of carbonyl (C=O) groups is 2. The molecule has 1 amide bonds. The zero-order valence-corrected chi connectivity index (χ0v) is 16.5. The quantitative estimate of drug-likeness (QED) is 0.616. The lowest BCUT2D eigenvalue weighted by molar-refractivity contribution is -0.137. The number of fused-ring (bicyclic) bond motifs is 1. The lowest BCUT2D eigenvalue weighted by atomic mass is 10.0. The van der Waals surface area contributed by atoms with E-state index < -0.39 is 5.97 Å². The van der Waals surface area contributed by atoms with Crippen molar-refractivity contribution in [2.45, 2.75) is 40.0 Å². The van der Waals surface area contributed by atoms with Crippen molar-refractivity contribution in [1.82, 2.24) is 14.7 Å². The van der Waals surface area contributed by atoms with E-state index in [0.29, 0.717) is 13.0 Å². The van der Waals surface area contributed by atoms with Crippen LogP contribution in [0.25, 0.3) is 16.9 Å². The van der Waals surface area contributed by atoms with E-state index in [4.69, 9.17) is 10.1 Å². The molecule has 1 aromatic carbocycles. The summed E-state index contributed by atoms with van der Waals surface area (Å²) in [5, 5.41) is 11.5. The summed E-state index contributed by atoms with van der Waals surface area (Å²) in [6, 6.07) is 10.1. The Morgan fingerprint density at radius 1 is 1.11 bits per heavy atom. The van der Waals surface area contributed by atoms with Crippen LogP contribution in [-0.2, 0) is 16.0 Å². The molecule has 0 fully saturated rings. The number of pyridine rings is 1. The standard InChI is InChI=1S/C22H25N3O3/c1-14-8-9-17(12-16(14)3)21-18(13-19(26)23-10-4-7-20(27)28)25-11-5-6-15(2)22(25)24-21/h5-6,8-9,11-12H,4,7,10,13H2,1-3H3,(H,23,26)(H,27,28). The molecule has 0 aliphatic heterocycles. The number of hydrogen-bond acceptors (Lipinski definition) is 3. The Morgan fingerprint density at radius 3 is 2.61 bits per heavy atom. The number of amides is 1. The van der Waals surface area contributed by atoms with Gasteiger partial charge in [0.05, 0.1) is 17.8 Å². The molecule has 0 aliphatic carbocycles. The normalized spacial score (nSPS) is 11.0. The average molecular weight is 379 g/mol. The number of nitrogens with one attached hydrogen (secondary N) is 1. The zero-order valence-electron chi connectivity index (χ0n) is 16.5. The molecule has 6 nitrogen and oxygen atoms in total. The molecule has 6 heteroatoms. The van der Waals surface area contributed by atoms with Crippen LogP contribution in [0, 0.1) is 20.8 Å². The largest absolute Gasteiger partial charge is 0.481 e. The van der Waals surface area contributed by atoms with Crippen LogP contribution in [0.5, 0.6) is 0 Å². The van der Waals surface area contributed by atoms with E-state index in [-0.39, 0.29) is 18.7 Å². The molecule has 0 radical (unpaired) electrons. The molecular weight excluding hydrogens is 354 g/mol. The van der Waals surface area contributed by atoms with Gasteiger partial charge in [-0.25, -0.2) is 4.98 Å². The number of benzene rings is 1. The number of aliphatic carboxylic acids is 1. The molecule has 0 unspecified atom stereocenters. The fraction of sp³-hybridized carbons (Fsp3) is 0.318. The molecular formula is C22H25N3O3. The topological polar surface area (TPSA) is 83.7 Å². The van der Waals surface area contributed by atoms with Crippen molar-refractivity contribution < 1.29 is 14.7 Å². The van der Waals surface area contributed by atoms with Gasteiger partial charge in [-0.2, -0.15) is 0 Å². The van der Waals surface area contributed by atoms with Gasteiger partial charge in [-0.3, -0.25) is 9.59 Å². The van der Waals surface area contributed by atoms with E-state index in [0.717, 1.165) is 28.2 Å².